The number of carbonyl (C=O) groups is 1. The second kappa shape index (κ2) is 7.65. The molecule has 0 radical (unpaired) electrons. The fraction of sp³-hybridized carbons (Fsp3) is 0.0588. The summed E-state index contributed by atoms with van der Waals surface area (Å²) in [6.07, 6.45) is 4.82. The lowest BCUT2D eigenvalue weighted by atomic mass is 10.2. The van der Waals surface area contributed by atoms with Gasteiger partial charge in [0.25, 0.3) is 5.91 Å². The van der Waals surface area contributed by atoms with Crippen LogP contribution in [0.3, 0.4) is 0 Å². The molecule has 6 heteroatoms. The van der Waals surface area contributed by atoms with Gasteiger partial charge in [0.15, 0.2) is 11.5 Å². The van der Waals surface area contributed by atoms with E-state index in [2.05, 4.69) is 10.5 Å². The molecule has 118 valence electrons. The number of hydrazone groups is 1. The Bertz CT molecular complexity index is 737. The molecule has 23 heavy (non-hydrogen) atoms. The molecule has 0 aromatic heterocycles. The first-order chi connectivity index (χ1) is 11.1. The number of carbonyl (C=O) groups excluding carboxylic acids is 1. The number of phenolic OH excluding ortho intramolecular Hbond substituents is 2. The van der Waals surface area contributed by atoms with Gasteiger partial charge in [-0.05, 0) is 48.0 Å². The molecule has 2 aromatic rings. The van der Waals surface area contributed by atoms with E-state index in [0.29, 0.717) is 11.3 Å². The first-order valence-corrected chi connectivity index (χ1v) is 6.76. The molecular formula is C17H16N2O4. The van der Waals surface area contributed by atoms with E-state index in [1.807, 2.05) is 0 Å². The standard InChI is InChI=1S/C17H16N2O4/c1-23-16-11-12(4-9-15(16)21)3-2-10-18-19-17(22)13-5-7-14(20)8-6-13/h2-11,20-21H,1H3,(H,19,22)/b3-2+,18-10+. The van der Waals surface area contributed by atoms with Crippen molar-refractivity contribution in [3.8, 4) is 17.2 Å². The van der Waals surface area contributed by atoms with E-state index in [1.54, 1.807) is 24.3 Å². The molecule has 0 atom stereocenters. The number of allylic oxidation sites excluding steroid dienone is 1. The van der Waals surface area contributed by atoms with Gasteiger partial charge in [0.1, 0.15) is 5.75 Å². The molecular weight excluding hydrogens is 296 g/mol. The largest absolute Gasteiger partial charge is 0.508 e. The summed E-state index contributed by atoms with van der Waals surface area (Å²) in [6.45, 7) is 0. The molecule has 0 aliphatic heterocycles. The van der Waals surface area contributed by atoms with E-state index >= 15 is 0 Å². The average Bonchev–Trinajstić information content (AvgIpc) is 2.56. The van der Waals surface area contributed by atoms with E-state index in [1.165, 1.54) is 43.7 Å². The summed E-state index contributed by atoms with van der Waals surface area (Å²) in [4.78, 5) is 11.7. The molecule has 0 saturated heterocycles. The molecule has 1 amide bonds. The average molecular weight is 312 g/mol. The Morgan fingerprint density at radius 3 is 2.61 bits per heavy atom. The predicted octanol–water partition coefficient (Wildman–Crippen LogP) is 2.54. The number of amides is 1. The van der Waals surface area contributed by atoms with Gasteiger partial charge in [-0.25, -0.2) is 5.43 Å². The highest BCUT2D eigenvalue weighted by molar-refractivity contribution is 5.94. The molecule has 3 N–H and O–H groups in total. The van der Waals surface area contributed by atoms with Crippen LogP contribution in [-0.2, 0) is 0 Å². The van der Waals surface area contributed by atoms with Crippen LogP contribution < -0.4 is 10.2 Å². The van der Waals surface area contributed by atoms with Crippen LogP contribution in [0.4, 0.5) is 0 Å². The molecule has 6 nitrogen and oxygen atoms in total. The third kappa shape index (κ3) is 4.60. The van der Waals surface area contributed by atoms with Crippen molar-refractivity contribution in [2.45, 2.75) is 0 Å². The number of rotatable bonds is 5. The SMILES string of the molecule is COc1cc(/C=C/C=N/NC(=O)c2ccc(O)cc2)ccc1O. The van der Waals surface area contributed by atoms with E-state index in [-0.39, 0.29) is 17.4 Å². The summed E-state index contributed by atoms with van der Waals surface area (Å²) in [7, 11) is 1.48. The minimum Gasteiger partial charge on any atom is -0.508 e. The van der Waals surface area contributed by atoms with Crippen molar-refractivity contribution in [1.82, 2.24) is 5.43 Å². The minimum atomic E-state index is -0.374. The summed E-state index contributed by atoms with van der Waals surface area (Å²) in [5, 5.41) is 22.4. The van der Waals surface area contributed by atoms with Crippen molar-refractivity contribution in [3.63, 3.8) is 0 Å². The Hall–Kier alpha value is -3.28. The first kappa shape index (κ1) is 16.1. The molecule has 0 aliphatic rings. The van der Waals surface area contributed by atoms with Crippen LogP contribution >= 0.6 is 0 Å². The quantitative estimate of drug-likeness (QED) is 0.584. The van der Waals surface area contributed by atoms with Crippen LogP contribution in [0.1, 0.15) is 15.9 Å². The van der Waals surface area contributed by atoms with Gasteiger partial charge < -0.3 is 14.9 Å². The topological polar surface area (TPSA) is 91.2 Å². The number of ether oxygens (including phenoxy) is 1. The van der Waals surface area contributed by atoms with E-state index in [4.69, 9.17) is 9.84 Å². The van der Waals surface area contributed by atoms with Crippen LogP contribution in [0.25, 0.3) is 6.08 Å². The lowest BCUT2D eigenvalue weighted by Crippen LogP contribution is -2.16. The van der Waals surface area contributed by atoms with Crippen LogP contribution in [0, 0.1) is 0 Å². The van der Waals surface area contributed by atoms with E-state index in [9.17, 15) is 9.90 Å². The van der Waals surface area contributed by atoms with Crippen LogP contribution in [0.15, 0.2) is 53.6 Å². The summed E-state index contributed by atoms with van der Waals surface area (Å²) >= 11 is 0. The van der Waals surface area contributed by atoms with Crippen molar-refractivity contribution in [3.05, 3.63) is 59.7 Å². The van der Waals surface area contributed by atoms with Gasteiger partial charge in [-0.1, -0.05) is 12.1 Å². The number of nitrogens with zero attached hydrogens (tertiary/aromatic N) is 1. The fourth-order valence-electron chi connectivity index (χ4n) is 1.77. The lowest BCUT2D eigenvalue weighted by molar-refractivity contribution is 0.0955. The molecule has 2 aromatic carbocycles. The van der Waals surface area contributed by atoms with Crippen LogP contribution in [0.5, 0.6) is 17.2 Å². The molecule has 0 unspecified atom stereocenters. The normalized spacial score (nSPS) is 11.0. The predicted molar refractivity (Wildman–Crippen MR) is 87.8 cm³/mol. The fourth-order valence-corrected chi connectivity index (χ4v) is 1.77. The molecule has 0 bridgehead atoms. The van der Waals surface area contributed by atoms with Gasteiger partial charge >= 0.3 is 0 Å². The molecule has 2 rings (SSSR count). The van der Waals surface area contributed by atoms with Gasteiger partial charge in [-0.15, -0.1) is 0 Å². The Morgan fingerprint density at radius 1 is 1.17 bits per heavy atom. The lowest BCUT2D eigenvalue weighted by Gasteiger charge is -2.03. The number of aromatic hydroxyl groups is 2. The van der Waals surface area contributed by atoms with Crippen molar-refractivity contribution in [2.24, 2.45) is 5.10 Å². The van der Waals surface area contributed by atoms with Crippen LogP contribution in [-0.4, -0.2) is 29.4 Å². The second-order valence-electron chi connectivity index (χ2n) is 4.56. The summed E-state index contributed by atoms with van der Waals surface area (Å²) in [6, 6.07) is 10.8. The van der Waals surface area contributed by atoms with Gasteiger partial charge in [0, 0.05) is 11.8 Å². The number of hydrogen-bond donors (Lipinski definition) is 3. The molecule has 0 aliphatic carbocycles. The maximum absolute atomic E-state index is 11.7. The maximum Gasteiger partial charge on any atom is 0.271 e. The summed E-state index contributed by atoms with van der Waals surface area (Å²) < 4.78 is 5.01. The zero-order chi connectivity index (χ0) is 16.7. The summed E-state index contributed by atoms with van der Waals surface area (Å²) in [5.74, 6) is 0.169. The van der Waals surface area contributed by atoms with Gasteiger partial charge in [-0.2, -0.15) is 5.10 Å². The van der Waals surface area contributed by atoms with Crippen molar-refractivity contribution in [2.75, 3.05) is 7.11 Å². The molecule has 0 fully saturated rings. The van der Waals surface area contributed by atoms with Crippen molar-refractivity contribution >= 4 is 18.2 Å². The Kier molecular flexibility index (Phi) is 5.35. The molecule has 0 saturated carbocycles. The smallest absolute Gasteiger partial charge is 0.271 e. The number of benzene rings is 2. The zero-order valence-corrected chi connectivity index (χ0v) is 12.4. The highest BCUT2D eigenvalue weighted by Gasteiger charge is 2.03. The Balaban J connectivity index is 1.91. The molecule has 0 heterocycles. The number of methoxy groups -OCH3 is 1. The summed E-state index contributed by atoms with van der Waals surface area (Å²) in [5.41, 5.74) is 3.58. The number of phenols is 2. The number of nitrogens with one attached hydrogen (secondary N) is 1. The first-order valence-electron chi connectivity index (χ1n) is 6.76. The van der Waals surface area contributed by atoms with Gasteiger partial charge in [0.2, 0.25) is 0 Å². The monoisotopic (exact) mass is 312 g/mol. The molecule has 0 spiro atoms. The van der Waals surface area contributed by atoms with Gasteiger partial charge in [-0.3, -0.25) is 4.79 Å². The minimum absolute atomic E-state index is 0.0690. The van der Waals surface area contributed by atoms with Crippen molar-refractivity contribution < 1.29 is 19.7 Å². The highest BCUT2D eigenvalue weighted by Crippen LogP contribution is 2.26. The highest BCUT2D eigenvalue weighted by atomic mass is 16.5. The number of hydrogen-bond acceptors (Lipinski definition) is 5. The second-order valence-corrected chi connectivity index (χ2v) is 4.56. The van der Waals surface area contributed by atoms with E-state index in [0.717, 1.165) is 5.56 Å². The zero-order valence-electron chi connectivity index (χ0n) is 12.4. The van der Waals surface area contributed by atoms with Crippen molar-refractivity contribution in [1.29, 1.82) is 0 Å². The van der Waals surface area contributed by atoms with E-state index < -0.39 is 0 Å². The Labute approximate surface area is 133 Å². The van der Waals surface area contributed by atoms with Gasteiger partial charge in [0.05, 0.1) is 7.11 Å². The third-order valence-electron chi connectivity index (χ3n) is 2.95. The Morgan fingerprint density at radius 2 is 1.91 bits per heavy atom. The third-order valence-corrected chi connectivity index (χ3v) is 2.95. The van der Waals surface area contributed by atoms with Crippen LogP contribution in [0.2, 0.25) is 0 Å². The maximum atomic E-state index is 11.7.